The Hall–Kier alpha value is -2.00. The molecule has 0 radical (unpaired) electrons. The molecule has 512 valence electrons. The van der Waals surface area contributed by atoms with Crippen molar-refractivity contribution in [3.8, 4) is 28.7 Å². The van der Waals surface area contributed by atoms with Gasteiger partial charge in [-0.3, -0.25) is 10.1 Å². The Kier molecular flexibility index (Phi) is 41.5. The predicted octanol–water partition coefficient (Wildman–Crippen LogP) is -12.8. The molecule has 0 amide bonds. The topological polar surface area (TPSA) is 638 Å². The first-order valence-corrected chi connectivity index (χ1v) is 34.2. The summed E-state index contributed by atoms with van der Waals surface area (Å²) < 4.78 is 212. The van der Waals surface area contributed by atoms with Gasteiger partial charge in [-0.1, -0.05) is 17.2 Å². The number of phenols is 3. The second-order valence-corrected chi connectivity index (χ2v) is 27.2. The minimum Gasteiger partial charge on any atom is -0.744 e. The molecule has 0 saturated heterocycles. The van der Waals surface area contributed by atoms with Gasteiger partial charge in [-0.05, 0) is 114 Å². The Balaban J connectivity index is 0.00000244. The zero-order chi connectivity index (χ0) is 71.1. The number of phenolic OH excluding ortho intramolecular Hbond substituents is 3. The van der Waals surface area contributed by atoms with E-state index >= 15 is 0 Å². The van der Waals surface area contributed by atoms with E-state index < -0.39 is 154 Å². The fourth-order valence-corrected chi connectivity index (χ4v) is 13.2. The fraction of sp³-hybridized carbons (Fsp3) is 0.0400. The summed E-state index contributed by atoms with van der Waals surface area (Å²) in [5.41, 5.74) is 5.14. The van der Waals surface area contributed by atoms with E-state index in [4.69, 9.17) is 26.2 Å². The second kappa shape index (κ2) is 43.1. The molecule has 0 bridgehead atoms. The molecule has 0 aliphatic heterocycles. The van der Waals surface area contributed by atoms with Gasteiger partial charge in [-0.15, -0.1) is 40.1 Å². The Morgan fingerprint density at radius 3 is 1.43 bits per heavy atom. The molecule has 0 fully saturated rings. The summed E-state index contributed by atoms with van der Waals surface area (Å²) in [5.74, 6) is -2.55. The number of azo groups is 4. The van der Waals surface area contributed by atoms with Crippen LogP contribution >= 0.6 is 36.1 Å². The van der Waals surface area contributed by atoms with Gasteiger partial charge in [0.05, 0.1) is 106 Å². The van der Waals surface area contributed by atoms with Crippen LogP contribution in [-0.2, 0) is 78.7 Å². The van der Waals surface area contributed by atoms with E-state index in [1.165, 1.54) is 43.5 Å². The molecule has 104 heavy (non-hydrogen) atoms. The van der Waals surface area contributed by atoms with Crippen LogP contribution in [0.15, 0.2) is 195 Å². The molecule has 54 heteroatoms. The first-order valence-electron chi connectivity index (χ1n) is 25.0. The quantitative estimate of drug-likeness (QED) is 0.00622. The third-order valence-corrected chi connectivity index (χ3v) is 18.9. The average molecular weight is 1660 g/mol. The monoisotopic (exact) mass is 1650 g/mol. The van der Waals surface area contributed by atoms with Gasteiger partial charge in [-0.2, -0.15) is 13.8 Å². The van der Waals surface area contributed by atoms with Crippen LogP contribution in [0.1, 0.15) is 0 Å². The third-order valence-electron chi connectivity index (χ3n) is 12.6. The van der Waals surface area contributed by atoms with Crippen molar-refractivity contribution in [3.63, 3.8) is 0 Å². The van der Waals surface area contributed by atoms with Crippen molar-refractivity contribution in [3.05, 3.63) is 115 Å². The van der Waals surface area contributed by atoms with Crippen LogP contribution in [0.2, 0.25) is 0 Å². The maximum absolute atomic E-state index is 13.0. The van der Waals surface area contributed by atoms with Crippen LogP contribution in [0.3, 0.4) is 0 Å². The molecule has 9 rings (SSSR count). The molecule has 0 aliphatic carbocycles. The van der Waals surface area contributed by atoms with Crippen molar-refractivity contribution < 1.29 is 340 Å². The minimum absolute atomic E-state index is 0. The number of nitrogen functional groups attached to an aromatic ring is 2. The van der Waals surface area contributed by atoms with Crippen molar-refractivity contribution in [2.45, 2.75) is 39.2 Å². The minimum atomic E-state index is -5.98. The van der Waals surface area contributed by atoms with E-state index in [1.807, 2.05) is 0 Å². The summed E-state index contributed by atoms with van der Waals surface area (Å²) in [6, 6.07) is 20.4. The van der Waals surface area contributed by atoms with Crippen LogP contribution < -0.4 is 238 Å². The summed E-state index contributed by atoms with van der Waals surface area (Å²) in [4.78, 5) is -6.44. The van der Waals surface area contributed by atoms with Crippen molar-refractivity contribution in [2.24, 2.45) is 40.9 Å². The van der Waals surface area contributed by atoms with Gasteiger partial charge in [0.2, 0.25) is 0 Å². The summed E-state index contributed by atoms with van der Waals surface area (Å²) in [6.07, 6.45) is 0. The SMILES string of the molecule is COc1ccc(N)c(SOOO)c1.COc1ccc(N=Nc2c(S(=O)(=O)[O-])cc3c(S(=O)(=O)[O-])c(N=Nc4c(S(=O)(=O)[O-])cc5cc(S(=O)(=O)[O-])c(N=Nc6ccc7c(O)c(N=Nc8ccccc8S(=O)(=O)[O-])c(SOO[O-])cc7c6)c(O)c5c4N)ccc3c2O)c(SOO[O-])c1.[Na+].[Na+].[Na+].[Na+].[Na+].[Na+].[Na+]. The molecule has 0 saturated carbocycles. The molecule has 9 aromatic rings. The Bertz CT molecular complexity index is 5380. The first kappa shape index (κ1) is 100. The van der Waals surface area contributed by atoms with E-state index in [-0.39, 0.29) is 275 Å². The average Bonchev–Trinajstić information content (AvgIpc) is 0.744. The molecule has 0 aliphatic rings. The predicted molar refractivity (Wildman–Crippen MR) is 321 cm³/mol. The van der Waals surface area contributed by atoms with Gasteiger partial charge in [0, 0.05) is 21.8 Å². The van der Waals surface area contributed by atoms with Crippen molar-refractivity contribution >= 4 is 176 Å². The van der Waals surface area contributed by atoms with Gasteiger partial charge < -0.3 is 69.5 Å². The summed E-state index contributed by atoms with van der Waals surface area (Å²) in [5, 5.41) is 99.8. The molecule has 39 nitrogen and oxygen atoms in total. The summed E-state index contributed by atoms with van der Waals surface area (Å²) >= 11 is 1.23. The van der Waals surface area contributed by atoms with Crippen LogP contribution in [-0.4, -0.2) is 99.6 Å². The van der Waals surface area contributed by atoms with Gasteiger partial charge in [0.15, 0.2) is 17.2 Å². The molecule has 0 unspecified atom stereocenters. The van der Waals surface area contributed by atoms with Crippen molar-refractivity contribution in [1.29, 1.82) is 0 Å². The Labute approximate surface area is 754 Å². The normalized spacial score (nSPS) is 11.8. The van der Waals surface area contributed by atoms with Gasteiger partial charge in [-0.25, -0.2) is 47.3 Å². The number of nitrogens with two attached hydrogens (primary N) is 2. The second-order valence-electron chi connectivity index (χ2n) is 18.3. The zero-order valence-electron chi connectivity index (χ0n) is 54.5. The Morgan fingerprint density at radius 2 is 0.865 bits per heavy atom. The van der Waals surface area contributed by atoms with E-state index in [0.29, 0.717) is 34.5 Å². The summed E-state index contributed by atoms with van der Waals surface area (Å²) in [6.45, 7) is 0. The van der Waals surface area contributed by atoms with Gasteiger partial charge >= 0.3 is 207 Å². The largest absolute Gasteiger partial charge is 1.00 e. The van der Waals surface area contributed by atoms with Crippen LogP contribution in [0.4, 0.5) is 56.9 Å². The molecule has 8 N–H and O–H groups in total. The van der Waals surface area contributed by atoms with Crippen LogP contribution in [0, 0.1) is 0 Å². The number of nitrogens with zero attached hydrogens (tertiary/aromatic N) is 8. The standard InChI is InChI=1S/C43H31N9O25S7.C7H9NO4S.7Na/c1-73-21-7-10-25(28(16-21)78-76-74-56)46-52-38-33(83(67,68)69)17-24-23(41(38)54)9-11-27(43(24)84(70,71)72)48-50-37-31(81(61,62)63)14-19-15-32(82(64,65)66)39(42(55)34(19)35(37)44)51-45-20-6-8-22-18(12-20)13-29(79-77-75-57)36(40(22)53)49-47-26-4-2-3-5-30(26)80(58,59)60;1-10-5-2-3-6(8)7(4-5)13-12-11-9;;;;;;;/h2-17,53-57H,44H2,1H3,(H,58,59,60)(H,61,62,63)(H,64,65,66)(H,67,68,69)(H,70,71,72);2-4,9H,8H2,1H3;;;;;;;/q;;7*+1/p-7. The molecular weight excluding hydrogens is 1620 g/mol. The number of benzene rings is 9. The number of aromatic hydroxyl groups is 3. The Morgan fingerprint density at radius 1 is 0.404 bits per heavy atom. The summed E-state index contributed by atoms with van der Waals surface area (Å²) in [7, 11) is -25.7. The first-order chi connectivity index (χ1) is 45.6. The van der Waals surface area contributed by atoms with Crippen LogP contribution in [0.5, 0.6) is 28.7 Å². The number of hydrogen-bond acceptors (Lipinski definition) is 42. The zero-order valence-corrected chi connectivity index (χ0v) is 75.0. The molecule has 0 heterocycles. The van der Waals surface area contributed by atoms with Crippen LogP contribution in [0.25, 0.3) is 32.3 Å². The van der Waals surface area contributed by atoms with E-state index in [0.717, 1.165) is 48.4 Å². The molecule has 9 aromatic carbocycles. The van der Waals surface area contributed by atoms with E-state index in [2.05, 4.69) is 69.0 Å². The van der Waals surface area contributed by atoms with E-state index in [1.54, 1.807) is 25.3 Å². The van der Waals surface area contributed by atoms with Gasteiger partial charge in [0.25, 0.3) is 0 Å². The molecule has 0 spiro atoms. The molecule has 0 aromatic heterocycles. The number of fused-ring (bicyclic) bond motifs is 3. The van der Waals surface area contributed by atoms with Gasteiger partial charge in [0.1, 0.15) is 102 Å². The van der Waals surface area contributed by atoms with Crippen molar-refractivity contribution in [2.75, 3.05) is 25.7 Å². The maximum Gasteiger partial charge on any atom is 1.00 e. The third kappa shape index (κ3) is 24.7. The fourth-order valence-electron chi connectivity index (χ4n) is 8.47. The van der Waals surface area contributed by atoms with E-state index in [9.17, 15) is 90.7 Å². The number of hydrogen-bond donors (Lipinski definition) is 6. The number of ether oxygens (including phenoxy) is 2. The number of rotatable bonds is 24. The number of anilines is 2. The van der Waals surface area contributed by atoms with Crippen molar-refractivity contribution in [1.82, 2.24) is 0 Å². The molecule has 0 atom stereocenters. The number of methoxy groups -OCH3 is 2. The smallest absolute Gasteiger partial charge is 0.744 e. The maximum atomic E-state index is 13.0. The molecular formula is C50H33N10Na7O29S8.